The second-order valence-electron chi connectivity index (χ2n) is 5.61. The van der Waals surface area contributed by atoms with E-state index < -0.39 is 29.9 Å². The van der Waals surface area contributed by atoms with Crippen molar-refractivity contribution in [2.24, 2.45) is 5.92 Å². The van der Waals surface area contributed by atoms with Gasteiger partial charge in [-0.3, -0.25) is 9.59 Å². The maximum absolute atomic E-state index is 12.4. The minimum atomic E-state index is -1.22. The van der Waals surface area contributed by atoms with Gasteiger partial charge in [0.05, 0.1) is 6.07 Å². The van der Waals surface area contributed by atoms with Gasteiger partial charge in [0.25, 0.3) is 0 Å². The summed E-state index contributed by atoms with van der Waals surface area (Å²) in [6, 6.07) is 8.90. The van der Waals surface area contributed by atoms with Crippen molar-refractivity contribution >= 4 is 17.8 Å². The molecule has 3 atom stereocenters. The average molecular weight is 331 g/mol. The Morgan fingerprint density at radius 1 is 1.21 bits per heavy atom. The third kappa shape index (κ3) is 6.08. The molecule has 2 amide bonds. The summed E-state index contributed by atoms with van der Waals surface area (Å²) >= 11 is 0. The van der Waals surface area contributed by atoms with Crippen LogP contribution in [0.5, 0.6) is 0 Å². The van der Waals surface area contributed by atoms with Crippen LogP contribution in [0.2, 0.25) is 0 Å². The van der Waals surface area contributed by atoms with Gasteiger partial charge >= 0.3 is 5.97 Å². The van der Waals surface area contributed by atoms with Crippen LogP contribution in [0.1, 0.15) is 25.8 Å². The number of nitriles is 1. The normalized spacial score (nSPS) is 13.9. The van der Waals surface area contributed by atoms with Crippen LogP contribution in [0.3, 0.4) is 0 Å². The lowest BCUT2D eigenvalue weighted by molar-refractivity contribution is -0.143. The van der Waals surface area contributed by atoms with E-state index in [2.05, 4.69) is 10.6 Å². The molecule has 0 aliphatic rings. The first-order chi connectivity index (χ1) is 11.3. The first kappa shape index (κ1) is 19.2. The number of benzene rings is 1. The number of nitrogens with one attached hydrogen (secondary N) is 2. The van der Waals surface area contributed by atoms with Crippen molar-refractivity contribution in [2.45, 2.75) is 38.8 Å². The maximum Gasteiger partial charge on any atom is 0.326 e. The number of amides is 2. The second-order valence-corrected chi connectivity index (χ2v) is 5.61. The molecular weight excluding hydrogens is 310 g/mol. The smallest absolute Gasteiger partial charge is 0.326 e. The van der Waals surface area contributed by atoms with Crippen LogP contribution >= 0.6 is 0 Å². The summed E-state index contributed by atoms with van der Waals surface area (Å²) < 4.78 is 0. The Morgan fingerprint density at radius 2 is 1.83 bits per heavy atom. The molecule has 0 spiro atoms. The van der Waals surface area contributed by atoms with Gasteiger partial charge in [0.1, 0.15) is 12.1 Å². The Morgan fingerprint density at radius 3 is 2.33 bits per heavy atom. The summed E-state index contributed by atoms with van der Waals surface area (Å²) in [4.78, 5) is 35.1. The van der Waals surface area contributed by atoms with E-state index in [1.807, 2.05) is 36.4 Å². The van der Waals surface area contributed by atoms with E-state index in [9.17, 15) is 19.5 Å². The lowest BCUT2D eigenvalue weighted by atomic mass is 9.98. The Kier molecular flexibility index (Phi) is 7.43. The Labute approximate surface area is 140 Å². The molecule has 7 nitrogen and oxygen atoms in total. The predicted molar refractivity (Wildman–Crippen MR) is 86.7 cm³/mol. The molecule has 1 aromatic carbocycles. The van der Waals surface area contributed by atoms with Crippen molar-refractivity contribution in [1.82, 2.24) is 10.6 Å². The van der Waals surface area contributed by atoms with Crippen molar-refractivity contribution in [3.05, 3.63) is 35.9 Å². The minimum Gasteiger partial charge on any atom is -0.480 e. The number of aliphatic carboxylic acids is 1. The van der Waals surface area contributed by atoms with Crippen LogP contribution in [0.25, 0.3) is 0 Å². The molecule has 7 heteroatoms. The van der Waals surface area contributed by atoms with Crippen molar-refractivity contribution in [2.75, 3.05) is 0 Å². The number of carboxylic acid groups (broad SMARTS) is 1. The Bertz CT molecular complexity index is 624. The molecule has 0 saturated heterocycles. The van der Waals surface area contributed by atoms with E-state index in [0.717, 1.165) is 5.56 Å². The molecular formula is C17H21N3O4. The van der Waals surface area contributed by atoms with Crippen molar-refractivity contribution in [3.8, 4) is 6.07 Å². The van der Waals surface area contributed by atoms with Crippen LogP contribution in [0.4, 0.5) is 0 Å². The van der Waals surface area contributed by atoms with Gasteiger partial charge in [-0.1, -0.05) is 37.3 Å². The van der Waals surface area contributed by atoms with Crippen LogP contribution in [-0.4, -0.2) is 35.0 Å². The fourth-order valence-electron chi connectivity index (χ4n) is 2.27. The molecule has 24 heavy (non-hydrogen) atoms. The summed E-state index contributed by atoms with van der Waals surface area (Å²) in [6.45, 7) is 2.87. The average Bonchev–Trinajstić information content (AvgIpc) is 2.52. The van der Waals surface area contributed by atoms with Gasteiger partial charge in [-0.15, -0.1) is 0 Å². The third-order valence-electron chi connectivity index (χ3n) is 3.52. The molecule has 1 rings (SSSR count). The SMILES string of the molecule is CC(=O)N[C@H](Cc1ccccc1)C(=O)N[C@@H](C(=O)O)[C@@H](C)CC#N. The zero-order chi connectivity index (χ0) is 18.1. The standard InChI is InChI=1S/C17H21N3O4/c1-11(8-9-18)15(17(23)24)20-16(22)14(19-12(2)21)10-13-6-4-3-5-7-13/h3-7,11,14-15H,8,10H2,1-2H3,(H,19,21)(H,20,22)(H,23,24)/t11-,14+,15+/m0/s1. The minimum absolute atomic E-state index is 0.000730. The van der Waals surface area contributed by atoms with Crippen LogP contribution in [0.15, 0.2) is 30.3 Å². The Hall–Kier alpha value is -2.88. The second kappa shape index (κ2) is 9.30. The number of nitrogens with zero attached hydrogens (tertiary/aromatic N) is 1. The molecule has 0 aliphatic heterocycles. The number of hydrogen-bond donors (Lipinski definition) is 3. The highest BCUT2D eigenvalue weighted by atomic mass is 16.4. The van der Waals surface area contributed by atoms with E-state index in [1.54, 1.807) is 6.92 Å². The number of carboxylic acids is 1. The van der Waals surface area contributed by atoms with Crippen LogP contribution < -0.4 is 10.6 Å². The quantitative estimate of drug-likeness (QED) is 0.652. The lowest BCUT2D eigenvalue weighted by Gasteiger charge is -2.23. The van der Waals surface area contributed by atoms with Crippen molar-refractivity contribution in [1.29, 1.82) is 5.26 Å². The van der Waals surface area contributed by atoms with E-state index >= 15 is 0 Å². The highest BCUT2D eigenvalue weighted by Gasteiger charge is 2.29. The van der Waals surface area contributed by atoms with Crippen molar-refractivity contribution in [3.63, 3.8) is 0 Å². The number of hydrogen-bond acceptors (Lipinski definition) is 4. The van der Waals surface area contributed by atoms with E-state index in [0.29, 0.717) is 0 Å². The molecule has 0 fully saturated rings. The van der Waals surface area contributed by atoms with Gasteiger partial charge in [0.2, 0.25) is 11.8 Å². The fourth-order valence-corrected chi connectivity index (χ4v) is 2.27. The highest BCUT2D eigenvalue weighted by molar-refractivity contribution is 5.90. The van der Waals surface area contributed by atoms with Gasteiger partial charge in [-0.2, -0.15) is 5.26 Å². The zero-order valence-corrected chi connectivity index (χ0v) is 13.7. The van der Waals surface area contributed by atoms with Crippen molar-refractivity contribution < 1.29 is 19.5 Å². The van der Waals surface area contributed by atoms with Crippen LogP contribution in [-0.2, 0) is 20.8 Å². The number of carbonyl (C=O) groups excluding carboxylic acids is 2. The topological polar surface area (TPSA) is 119 Å². The molecule has 0 bridgehead atoms. The zero-order valence-electron chi connectivity index (χ0n) is 13.7. The van der Waals surface area contributed by atoms with Gasteiger partial charge in [-0.25, -0.2) is 4.79 Å². The summed E-state index contributed by atoms with van der Waals surface area (Å²) in [5.41, 5.74) is 0.836. The Balaban J connectivity index is 2.88. The summed E-state index contributed by atoms with van der Waals surface area (Å²) in [7, 11) is 0. The molecule has 0 radical (unpaired) electrons. The van der Waals surface area contributed by atoms with Gasteiger partial charge in [0.15, 0.2) is 0 Å². The number of rotatable bonds is 8. The third-order valence-corrected chi connectivity index (χ3v) is 3.52. The summed E-state index contributed by atoms with van der Waals surface area (Å²) in [6.07, 6.45) is 0.242. The van der Waals surface area contributed by atoms with Gasteiger partial charge in [-0.05, 0) is 5.56 Å². The van der Waals surface area contributed by atoms with Crippen LogP contribution in [0, 0.1) is 17.2 Å². The van der Waals surface area contributed by atoms with Gasteiger partial charge in [0, 0.05) is 25.7 Å². The molecule has 3 N–H and O–H groups in total. The van der Waals surface area contributed by atoms with E-state index in [-0.39, 0.29) is 18.7 Å². The van der Waals surface area contributed by atoms with Gasteiger partial charge < -0.3 is 15.7 Å². The maximum atomic E-state index is 12.4. The number of carbonyl (C=O) groups is 3. The van der Waals surface area contributed by atoms with E-state index in [4.69, 9.17) is 5.26 Å². The molecule has 0 unspecified atom stereocenters. The largest absolute Gasteiger partial charge is 0.480 e. The summed E-state index contributed by atoms with van der Waals surface area (Å²) in [5.74, 6) is -2.74. The molecule has 0 saturated carbocycles. The first-order valence-corrected chi connectivity index (χ1v) is 7.56. The fraction of sp³-hybridized carbons (Fsp3) is 0.412. The highest BCUT2D eigenvalue weighted by Crippen LogP contribution is 2.10. The first-order valence-electron chi connectivity index (χ1n) is 7.56. The lowest BCUT2D eigenvalue weighted by Crippen LogP contribution is -2.53. The summed E-state index contributed by atoms with van der Waals surface area (Å²) in [5, 5.41) is 22.9. The predicted octanol–water partition coefficient (Wildman–Crippen LogP) is 0.853. The molecule has 0 aliphatic carbocycles. The monoisotopic (exact) mass is 331 g/mol. The van der Waals surface area contributed by atoms with E-state index in [1.165, 1.54) is 6.92 Å². The molecule has 1 aromatic rings. The molecule has 128 valence electrons. The molecule has 0 aromatic heterocycles. The molecule has 0 heterocycles.